The van der Waals surface area contributed by atoms with E-state index in [0.717, 1.165) is 44.3 Å². The first-order valence-electron chi connectivity index (χ1n) is 10.4. The summed E-state index contributed by atoms with van der Waals surface area (Å²) >= 11 is 0. The van der Waals surface area contributed by atoms with Crippen molar-refractivity contribution in [2.75, 3.05) is 27.2 Å². The molecule has 0 unspecified atom stereocenters. The Bertz CT molecular complexity index is 837. The molecular formula is C24H31N3O2. The zero-order chi connectivity index (χ0) is 20.8. The molecule has 2 aromatic rings. The van der Waals surface area contributed by atoms with Crippen LogP contribution in [-0.4, -0.2) is 53.8 Å². The van der Waals surface area contributed by atoms with Crippen LogP contribution in [0.5, 0.6) is 0 Å². The smallest absolute Gasteiger partial charge is 0.255 e. The van der Waals surface area contributed by atoms with Crippen LogP contribution in [-0.2, 0) is 17.6 Å². The molecule has 0 saturated carbocycles. The molecule has 0 bridgehead atoms. The third-order valence-corrected chi connectivity index (χ3v) is 5.84. The maximum absolute atomic E-state index is 12.7. The number of amides is 2. The lowest BCUT2D eigenvalue weighted by atomic mass is 9.89. The number of carbonyl (C=O) groups excluding carboxylic acids is 2. The first-order valence-corrected chi connectivity index (χ1v) is 10.4. The average molecular weight is 394 g/mol. The van der Waals surface area contributed by atoms with Crippen molar-refractivity contribution in [3.63, 3.8) is 0 Å². The molecule has 0 N–H and O–H groups in total. The lowest BCUT2D eigenvalue weighted by Crippen LogP contribution is -2.39. The van der Waals surface area contributed by atoms with Gasteiger partial charge in [-0.25, -0.2) is 0 Å². The van der Waals surface area contributed by atoms with Crippen LogP contribution in [0.15, 0.2) is 42.7 Å². The van der Waals surface area contributed by atoms with Crippen molar-refractivity contribution in [2.45, 2.75) is 39.0 Å². The lowest BCUT2D eigenvalue weighted by Gasteiger charge is -2.32. The van der Waals surface area contributed by atoms with Gasteiger partial charge in [0.2, 0.25) is 5.91 Å². The summed E-state index contributed by atoms with van der Waals surface area (Å²) in [6.45, 7) is 3.58. The monoisotopic (exact) mass is 393 g/mol. The van der Waals surface area contributed by atoms with E-state index in [0.29, 0.717) is 17.9 Å². The van der Waals surface area contributed by atoms with Gasteiger partial charge in [0.1, 0.15) is 0 Å². The Morgan fingerprint density at radius 3 is 2.34 bits per heavy atom. The molecule has 154 valence electrons. The van der Waals surface area contributed by atoms with Gasteiger partial charge in [-0.3, -0.25) is 14.6 Å². The summed E-state index contributed by atoms with van der Waals surface area (Å²) in [6.07, 6.45) is 7.85. The quantitative estimate of drug-likeness (QED) is 0.755. The summed E-state index contributed by atoms with van der Waals surface area (Å²) in [5, 5.41) is 0. The highest BCUT2D eigenvalue weighted by atomic mass is 16.2. The van der Waals surface area contributed by atoms with E-state index in [1.807, 2.05) is 17.9 Å². The number of piperidine rings is 1. The van der Waals surface area contributed by atoms with E-state index in [9.17, 15) is 9.59 Å². The second-order valence-corrected chi connectivity index (χ2v) is 8.23. The molecule has 5 heteroatoms. The van der Waals surface area contributed by atoms with Crippen LogP contribution in [0.4, 0.5) is 0 Å². The lowest BCUT2D eigenvalue weighted by molar-refractivity contribution is -0.128. The van der Waals surface area contributed by atoms with Gasteiger partial charge in [0, 0.05) is 46.0 Å². The minimum absolute atomic E-state index is 0.102. The number of aryl methyl sites for hydroxylation is 2. The number of hydrogen-bond donors (Lipinski definition) is 0. The molecule has 29 heavy (non-hydrogen) atoms. The molecule has 1 aliphatic rings. The molecule has 3 rings (SSSR count). The number of hydrogen-bond acceptors (Lipinski definition) is 3. The van der Waals surface area contributed by atoms with E-state index >= 15 is 0 Å². The molecule has 1 aromatic carbocycles. The third kappa shape index (κ3) is 5.66. The molecule has 5 nitrogen and oxygen atoms in total. The summed E-state index contributed by atoms with van der Waals surface area (Å²) in [5.41, 5.74) is 4.24. The normalized spacial score (nSPS) is 14.7. The highest BCUT2D eigenvalue weighted by molar-refractivity contribution is 5.95. The second-order valence-electron chi connectivity index (χ2n) is 8.23. The fourth-order valence-electron chi connectivity index (χ4n) is 3.85. The fraction of sp³-hybridized carbons (Fsp3) is 0.458. The molecule has 1 aromatic heterocycles. The number of nitrogens with zero attached hydrogens (tertiary/aromatic N) is 3. The Labute approximate surface area is 173 Å². The van der Waals surface area contributed by atoms with Crippen LogP contribution >= 0.6 is 0 Å². The average Bonchev–Trinajstić information content (AvgIpc) is 2.73. The zero-order valence-corrected chi connectivity index (χ0v) is 17.7. The molecular weight excluding hydrogens is 362 g/mol. The van der Waals surface area contributed by atoms with Crippen LogP contribution in [0, 0.1) is 12.8 Å². The standard InChI is InChI=1S/C24H31N3O2/c1-18-10-13-25-17-22(18)24(29)27-14-11-21(12-15-27)16-20-6-4-19(5-7-20)8-9-23(28)26(2)3/h4-7,10,13,17,21H,8-9,11-12,14-16H2,1-3H3. The van der Waals surface area contributed by atoms with Crippen LogP contribution in [0.2, 0.25) is 0 Å². The highest BCUT2D eigenvalue weighted by Crippen LogP contribution is 2.23. The molecule has 1 saturated heterocycles. The molecule has 1 aliphatic heterocycles. The van der Waals surface area contributed by atoms with Crippen LogP contribution in [0.1, 0.15) is 46.3 Å². The van der Waals surface area contributed by atoms with E-state index in [2.05, 4.69) is 29.2 Å². The van der Waals surface area contributed by atoms with Crippen molar-refractivity contribution >= 4 is 11.8 Å². The fourth-order valence-corrected chi connectivity index (χ4v) is 3.85. The number of aromatic nitrogens is 1. The Balaban J connectivity index is 1.47. The predicted octanol–water partition coefficient (Wildman–Crippen LogP) is 3.51. The van der Waals surface area contributed by atoms with Gasteiger partial charge in [-0.1, -0.05) is 24.3 Å². The van der Waals surface area contributed by atoms with Crippen molar-refractivity contribution in [1.82, 2.24) is 14.8 Å². The zero-order valence-electron chi connectivity index (χ0n) is 17.7. The molecule has 0 atom stereocenters. The topological polar surface area (TPSA) is 53.5 Å². The van der Waals surface area contributed by atoms with Gasteiger partial charge in [-0.05, 0) is 61.3 Å². The number of benzene rings is 1. The summed E-state index contributed by atoms with van der Waals surface area (Å²) in [5.74, 6) is 0.873. The molecule has 2 heterocycles. The van der Waals surface area contributed by atoms with E-state index in [1.54, 1.807) is 31.4 Å². The van der Waals surface area contributed by atoms with Gasteiger partial charge >= 0.3 is 0 Å². The van der Waals surface area contributed by atoms with Crippen LogP contribution in [0.3, 0.4) is 0 Å². The highest BCUT2D eigenvalue weighted by Gasteiger charge is 2.24. The SMILES string of the molecule is Cc1ccncc1C(=O)N1CCC(Cc2ccc(CCC(=O)N(C)C)cc2)CC1. The van der Waals surface area contributed by atoms with E-state index < -0.39 is 0 Å². The van der Waals surface area contributed by atoms with Crippen molar-refractivity contribution in [3.8, 4) is 0 Å². The van der Waals surface area contributed by atoms with Crippen molar-refractivity contribution < 1.29 is 9.59 Å². The van der Waals surface area contributed by atoms with E-state index in [-0.39, 0.29) is 11.8 Å². The molecule has 1 fully saturated rings. The number of carbonyl (C=O) groups is 2. The predicted molar refractivity (Wildman–Crippen MR) is 115 cm³/mol. The summed E-state index contributed by atoms with van der Waals surface area (Å²) in [4.78, 5) is 32.2. The Kier molecular flexibility index (Phi) is 7.02. The number of pyridine rings is 1. The minimum Gasteiger partial charge on any atom is -0.349 e. The third-order valence-electron chi connectivity index (χ3n) is 5.84. The Morgan fingerprint density at radius 1 is 1.07 bits per heavy atom. The maximum Gasteiger partial charge on any atom is 0.255 e. The van der Waals surface area contributed by atoms with Crippen LogP contribution in [0.25, 0.3) is 0 Å². The number of rotatable bonds is 6. The van der Waals surface area contributed by atoms with Gasteiger partial charge in [-0.2, -0.15) is 0 Å². The van der Waals surface area contributed by atoms with Gasteiger partial charge in [0.15, 0.2) is 0 Å². The molecule has 2 amide bonds. The minimum atomic E-state index is 0.102. The molecule has 0 aliphatic carbocycles. The Morgan fingerprint density at radius 2 is 1.72 bits per heavy atom. The Hall–Kier alpha value is -2.69. The first kappa shape index (κ1) is 21.0. The number of likely N-dealkylation sites (tertiary alicyclic amines) is 1. The molecule has 0 spiro atoms. The van der Waals surface area contributed by atoms with Crippen molar-refractivity contribution in [2.24, 2.45) is 5.92 Å². The maximum atomic E-state index is 12.7. The summed E-state index contributed by atoms with van der Waals surface area (Å²) < 4.78 is 0. The first-order chi connectivity index (χ1) is 13.9. The van der Waals surface area contributed by atoms with Gasteiger partial charge in [0.05, 0.1) is 5.56 Å². The molecule has 0 radical (unpaired) electrons. The van der Waals surface area contributed by atoms with Gasteiger partial charge < -0.3 is 9.80 Å². The van der Waals surface area contributed by atoms with Crippen molar-refractivity contribution in [1.29, 1.82) is 0 Å². The van der Waals surface area contributed by atoms with Gasteiger partial charge in [-0.15, -0.1) is 0 Å². The second kappa shape index (κ2) is 9.68. The van der Waals surface area contributed by atoms with Crippen molar-refractivity contribution in [3.05, 3.63) is 65.0 Å². The van der Waals surface area contributed by atoms with E-state index in [4.69, 9.17) is 0 Å². The largest absolute Gasteiger partial charge is 0.349 e. The summed E-state index contributed by atoms with van der Waals surface area (Å²) in [6, 6.07) is 10.5. The summed E-state index contributed by atoms with van der Waals surface area (Å²) in [7, 11) is 3.59. The van der Waals surface area contributed by atoms with Gasteiger partial charge in [0.25, 0.3) is 5.91 Å². The van der Waals surface area contributed by atoms with Crippen LogP contribution < -0.4 is 0 Å². The van der Waals surface area contributed by atoms with E-state index in [1.165, 1.54) is 11.1 Å².